The summed E-state index contributed by atoms with van der Waals surface area (Å²) in [6.07, 6.45) is 6.23. The van der Waals surface area contributed by atoms with E-state index in [9.17, 15) is 0 Å². The first-order valence-electron chi connectivity index (χ1n) is 4.09. The summed E-state index contributed by atoms with van der Waals surface area (Å²) in [7, 11) is 0. The first-order chi connectivity index (χ1) is 5.31. The summed E-state index contributed by atoms with van der Waals surface area (Å²) in [5.74, 6) is 0.702. The Morgan fingerprint density at radius 1 is 1.64 bits per heavy atom. The van der Waals surface area contributed by atoms with Crippen LogP contribution in [-0.2, 0) is 0 Å². The number of hydrogen-bond donors (Lipinski definition) is 0. The standard InChI is InChI=1S/C10H17N/c1-4-5-6-7-10(2)8-9-11-3/h4,6,10H,3,7-9H2,1-2H3. The van der Waals surface area contributed by atoms with Crippen LogP contribution in [-0.4, -0.2) is 13.3 Å². The second kappa shape index (κ2) is 7.30. The summed E-state index contributed by atoms with van der Waals surface area (Å²) < 4.78 is 0. The van der Waals surface area contributed by atoms with Crippen LogP contribution < -0.4 is 0 Å². The Balaban J connectivity index is 3.43. The van der Waals surface area contributed by atoms with Crippen molar-refractivity contribution in [2.75, 3.05) is 6.54 Å². The molecule has 0 spiro atoms. The Labute approximate surface area is 69.5 Å². The van der Waals surface area contributed by atoms with E-state index in [2.05, 4.69) is 30.4 Å². The molecule has 1 nitrogen and oxygen atoms in total. The third-order valence-corrected chi connectivity index (χ3v) is 1.58. The topological polar surface area (TPSA) is 12.4 Å². The zero-order valence-corrected chi connectivity index (χ0v) is 7.51. The molecule has 62 valence electrons. The highest BCUT2D eigenvalue weighted by Gasteiger charge is 1.96. The minimum atomic E-state index is 0.702. The Kier molecular flexibility index (Phi) is 6.76. The molecular formula is C10H17N. The van der Waals surface area contributed by atoms with E-state index in [1.807, 2.05) is 13.0 Å². The van der Waals surface area contributed by atoms with Crippen LogP contribution >= 0.6 is 0 Å². The largest absolute Gasteiger partial charge is 0.301 e. The van der Waals surface area contributed by atoms with Gasteiger partial charge in [0.05, 0.1) is 0 Å². The van der Waals surface area contributed by atoms with Crippen molar-refractivity contribution in [1.29, 1.82) is 0 Å². The lowest BCUT2D eigenvalue weighted by atomic mass is 10.0. The van der Waals surface area contributed by atoms with Crippen molar-refractivity contribution in [3.05, 3.63) is 17.9 Å². The normalized spacial score (nSPS) is 11.5. The molecule has 11 heavy (non-hydrogen) atoms. The maximum atomic E-state index is 3.81. The van der Waals surface area contributed by atoms with Crippen LogP contribution in [0.5, 0.6) is 0 Å². The quantitative estimate of drug-likeness (QED) is 0.423. The van der Waals surface area contributed by atoms with E-state index in [1.165, 1.54) is 0 Å². The molecule has 0 saturated heterocycles. The molecule has 0 saturated carbocycles. The maximum absolute atomic E-state index is 3.81. The highest BCUT2D eigenvalue weighted by Crippen LogP contribution is 2.07. The van der Waals surface area contributed by atoms with Crippen molar-refractivity contribution in [1.82, 2.24) is 0 Å². The first kappa shape index (κ1) is 10.2. The van der Waals surface area contributed by atoms with Gasteiger partial charge in [0.15, 0.2) is 0 Å². The average molecular weight is 151 g/mol. The molecule has 1 heteroatoms. The molecule has 0 aliphatic carbocycles. The molecule has 0 aromatic carbocycles. The fraction of sp³-hybridized carbons (Fsp3) is 0.600. The van der Waals surface area contributed by atoms with Gasteiger partial charge in [0.2, 0.25) is 0 Å². The summed E-state index contributed by atoms with van der Waals surface area (Å²) in [5, 5.41) is 0. The van der Waals surface area contributed by atoms with E-state index in [4.69, 9.17) is 0 Å². The molecule has 0 heterocycles. The van der Waals surface area contributed by atoms with Crippen LogP contribution in [0.3, 0.4) is 0 Å². The predicted molar refractivity (Wildman–Crippen MR) is 51.1 cm³/mol. The number of allylic oxidation sites excluding steroid dienone is 1. The summed E-state index contributed by atoms with van der Waals surface area (Å²) in [6, 6.07) is 0. The van der Waals surface area contributed by atoms with Gasteiger partial charge in [0.25, 0.3) is 0 Å². The van der Waals surface area contributed by atoms with Crippen LogP contribution in [0.4, 0.5) is 0 Å². The third-order valence-electron chi connectivity index (χ3n) is 1.58. The third kappa shape index (κ3) is 7.08. The summed E-state index contributed by atoms with van der Waals surface area (Å²) in [4.78, 5) is 3.81. The van der Waals surface area contributed by atoms with Gasteiger partial charge >= 0.3 is 0 Å². The minimum Gasteiger partial charge on any atom is -0.301 e. The van der Waals surface area contributed by atoms with E-state index >= 15 is 0 Å². The van der Waals surface area contributed by atoms with Gasteiger partial charge in [-0.25, -0.2) is 0 Å². The van der Waals surface area contributed by atoms with Gasteiger partial charge < -0.3 is 4.99 Å². The zero-order valence-electron chi connectivity index (χ0n) is 7.51. The van der Waals surface area contributed by atoms with Gasteiger partial charge in [-0.1, -0.05) is 6.92 Å². The monoisotopic (exact) mass is 151 g/mol. The molecule has 1 unspecified atom stereocenters. The lowest BCUT2D eigenvalue weighted by Gasteiger charge is -2.03. The SMILES string of the molecule is C=NCCC(C)CC=C=CC. The van der Waals surface area contributed by atoms with E-state index in [0.29, 0.717) is 5.92 Å². The van der Waals surface area contributed by atoms with Gasteiger partial charge in [-0.3, -0.25) is 0 Å². The molecule has 0 rings (SSSR count). The Morgan fingerprint density at radius 3 is 2.91 bits per heavy atom. The van der Waals surface area contributed by atoms with Crippen molar-refractivity contribution in [3.63, 3.8) is 0 Å². The zero-order chi connectivity index (χ0) is 8.53. The molecule has 1 atom stereocenters. The minimum absolute atomic E-state index is 0.702. The predicted octanol–water partition coefficient (Wildman–Crippen LogP) is 2.83. The average Bonchev–Trinajstić information content (AvgIpc) is 2.01. The van der Waals surface area contributed by atoms with Crippen LogP contribution in [0.1, 0.15) is 26.7 Å². The maximum Gasteiger partial charge on any atom is 0.0384 e. The van der Waals surface area contributed by atoms with Gasteiger partial charge in [0, 0.05) is 6.54 Å². The molecule has 0 aromatic rings. The molecular weight excluding hydrogens is 134 g/mol. The second-order valence-corrected chi connectivity index (χ2v) is 2.74. The molecule has 0 fully saturated rings. The Hall–Kier alpha value is -0.810. The molecule has 0 aliphatic heterocycles. The highest BCUT2D eigenvalue weighted by atomic mass is 14.7. The number of aliphatic imine (C=N–C) groups is 1. The smallest absolute Gasteiger partial charge is 0.0384 e. The molecule has 0 aromatic heterocycles. The lowest BCUT2D eigenvalue weighted by Crippen LogP contribution is -1.94. The van der Waals surface area contributed by atoms with Crippen LogP contribution in [0.25, 0.3) is 0 Å². The highest BCUT2D eigenvalue weighted by molar-refractivity contribution is 5.23. The van der Waals surface area contributed by atoms with Crippen molar-refractivity contribution < 1.29 is 0 Å². The summed E-state index contributed by atoms with van der Waals surface area (Å²) >= 11 is 0. The number of nitrogens with zero attached hydrogens (tertiary/aromatic N) is 1. The summed E-state index contributed by atoms with van der Waals surface area (Å²) in [5.41, 5.74) is 3.06. The van der Waals surface area contributed by atoms with Crippen LogP contribution in [0.15, 0.2) is 22.9 Å². The number of hydrogen-bond acceptors (Lipinski definition) is 1. The Morgan fingerprint density at radius 2 is 2.36 bits per heavy atom. The molecule has 0 bridgehead atoms. The van der Waals surface area contributed by atoms with E-state index in [-0.39, 0.29) is 0 Å². The van der Waals surface area contributed by atoms with Crippen LogP contribution in [0, 0.1) is 5.92 Å². The van der Waals surface area contributed by atoms with Gasteiger partial charge in [-0.05, 0) is 44.6 Å². The van der Waals surface area contributed by atoms with Gasteiger partial charge in [0.1, 0.15) is 0 Å². The van der Waals surface area contributed by atoms with Crippen molar-refractivity contribution in [2.24, 2.45) is 10.9 Å². The second-order valence-electron chi connectivity index (χ2n) is 2.74. The lowest BCUT2D eigenvalue weighted by molar-refractivity contribution is 0.550. The molecule has 0 N–H and O–H groups in total. The molecule has 0 aliphatic rings. The fourth-order valence-corrected chi connectivity index (χ4v) is 0.817. The summed E-state index contributed by atoms with van der Waals surface area (Å²) in [6.45, 7) is 8.53. The first-order valence-corrected chi connectivity index (χ1v) is 4.09. The fourth-order valence-electron chi connectivity index (χ4n) is 0.817. The Bertz CT molecular complexity index is 152. The van der Waals surface area contributed by atoms with Crippen molar-refractivity contribution in [3.8, 4) is 0 Å². The van der Waals surface area contributed by atoms with E-state index < -0.39 is 0 Å². The van der Waals surface area contributed by atoms with Crippen molar-refractivity contribution in [2.45, 2.75) is 26.7 Å². The van der Waals surface area contributed by atoms with E-state index in [0.717, 1.165) is 19.4 Å². The van der Waals surface area contributed by atoms with Gasteiger partial charge in [-0.15, -0.1) is 5.73 Å². The number of rotatable bonds is 5. The van der Waals surface area contributed by atoms with Crippen molar-refractivity contribution >= 4 is 6.72 Å². The van der Waals surface area contributed by atoms with Gasteiger partial charge in [-0.2, -0.15) is 0 Å². The molecule has 0 radical (unpaired) electrons. The van der Waals surface area contributed by atoms with Crippen LogP contribution in [0.2, 0.25) is 0 Å². The van der Waals surface area contributed by atoms with E-state index in [1.54, 1.807) is 0 Å². The molecule has 0 amide bonds.